The van der Waals surface area contributed by atoms with Gasteiger partial charge in [-0.3, -0.25) is 13.9 Å². The van der Waals surface area contributed by atoms with Gasteiger partial charge in [0.25, 0.3) is 10.0 Å². The van der Waals surface area contributed by atoms with E-state index in [1.165, 1.54) is 35.2 Å². The molecule has 11 heteroatoms. The van der Waals surface area contributed by atoms with Crippen LogP contribution in [0.25, 0.3) is 0 Å². The zero-order valence-electron chi connectivity index (χ0n) is 24.7. The van der Waals surface area contributed by atoms with Gasteiger partial charge in [0.15, 0.2) is 0 Å². The van der Waals surface area contributed by atoms with Crippen LogP contribution in [0.3, 0.4) is 0 Å². The van der Waals surface area contributed by atoms with Gasteiger partial charge in [0.05, 0.1) is 10.6 Å². The van der Waals surface area contributed by atoms with Crippen LogP contribution in [0.2, 0.25) is 10.0 Å². The van der Waals surface area contributed by atoms with E-state index in [1.54, 1.807) is 18.2 Å². The molecule has 0 aliphatic rings. The van der Waals surface area contributed by atoms with Crippen LogP contribution >= 0.6 is 39.1 Å². The fourth-order valence-electron chi connectivity index (χ4n) is 4.74. The molecule has 2 amide bonds. The number of benzene rings is 4. The Hall–Kier alpha value is -3.37. The first-order valence-corrected chi connectivity index (χ1v) is 17.5. The Morgan fingerprint density at radius 3 is 2.18 bits per heavy atom. The first kappa shape index (κ1) is 34.5. The van der Waals surface area contributed by atoms with Crippen LogP contribution in [0.1, 0.15) is 30.9 Å². The summed E-state index contributed by atoms with van der Waals surface area (Å²) >= 11 is 15.8. The van der Waals surface area contributed by atoms with Gasteiger partial charge in [-0.15, -0.1) is 0 Å². The molecule has 0 bridgehead atoms. The van der Waals surface area contributed by atoms with Crippen molar-refractivity contribution in [3.63, 3.8) is 0 Å². The summed E-state index contributed by atoms with van der Waals surface area (Å²) in [4.78, 5) is 29.7. The van der Waals surface area contributed by atoms with E-state index in [9.17, 15) is 18.0 Å². The lowest BCUT2D eigenvalue weighted by molar-refractivity contribution is -0.140. The second-order valence-corrected chi connectivity index (χ2v) is 14.1. The number of nitrogens with zero attached hydrogens (tertiary/aromatic N) is 2. The van der Waals surface area contributed by atoms with E-state index in [4.69, 9.17) is 23.2 Å². The van der Waals surface area contributed by atoms with Crippen LogP contribution in [0, 0.1) is 0 Å². The number of hydrogen-bond donors (Lipinski definition) is 1. The maximum atomic E-state index is 14.5. The van der Waals surface area contributed by atoms with E-state index in [2.05, 4.69) is 21.2 Å². The highest BCUT2D eigenvalue weighted by Gasteiger charge is 2.34. The van der Waals surface area contributed by atoms with Crippen molar-refractivity contribution in [1.82, 2.24) is 10.2 Å². The Labute approximate surface area is 283 Å². The van der Waals surface area contributed by atoms with E-state index in [-0.39, 0.29) is 29.5 Å². The smallest absolute Gasteiger partial charge is 0.264 e. The Morgan fingerprint density at radius 1 is 0.844 bits per heavy atom. The number of unbranched alkanes of at least 4 members (excludes halogenated alkanes) is 1. The molecular formula is C34H34BrCl2N3O4S. The lowest BCUT2D eigenvalue weighted by Gasteiger charge is -2.34. The highest BCUT2D eigenvalue weighted by Crippen LogP contribution is 2.28. The highest BCUT2D eigenvalue weighted by atomic mass is 79.9. The highest BCUT2D eigenvalue weighted by molar-refractivity contribution is 9.10. The Kier molecular flexibility index (Phi) is 12.5. The summed E-state index contributed by atoms with van der Waals surface area (Å²) < 4.78 is 30.0. The fourth-order valence-corrected chi connectivity index (χ4v) is 6.72. The molecule has 1 atom stereocenters. The molecule has 0 aliphatic carbocycles. The minimum absolute atomic E-state index is 0.0442. The van der Waals surface area contributed by atoms with Gasteiger partial charge in [-0.05, 0) is 72.1 Å². The van der Waals surface area contributed by atoms with E-state index >= 15 is 0 Å². The van der Waals surface area contributed by atoms with E-state index in [0.29, 0.717) is 16.6 Å². The van der Waals surface area contributed by atoms with Crippen LogP contribution < -0.4 is 9.62 Å². The second kappa shape index (κ2) is 16.3. The average molecular weight is 732 g/mol. The van der Waals surface area contributed by atoms with Gasteiger partial charge < -0.3 is 10.2 Å². The molecule has 4 aromatic carbocycles. The number of amides is 2. The number of anilines is 1. The summed E-state index contributed by atoms with van der Waals surface area (Å²) in [5, 5.41) is 3.66. The van der Waals surface area contributed by atoms with Gasteiger partial charge in [0.1, 0.15) is 12.6 Å². The van der Waals surface area contributed by atoms with Crippen molar-refractivity contribution in [3.8, 4) is 0 Å². The maximum absolute atomic E-state index is 14.5. The van der Waals surface area contributed by atoms with Crippen molar-refractivity contribution < 1.29 is 18.0 Å². The topological polar surface area (TPSA) is 86.8 Å². The number of nitrogens with one attached hydrogen (secondary N) is 1. The minimum Gasteiger partial charge on any atom is -0.354 e. The van der Waals surface area contributed by atoms with Gasteiger partial charge in [-0.1, -0.05) is 101 Å². The summed E-state index contributed by atoms with van der Waals surface area (Å²) in [5.41, 5.74) is 1.85. The van der Waals surface area contributed by atoms with Crippen LogP contribution in [0.15, 0.2) is 112 Å². The standard InChI is InChI=1S/C34H34BrCl2N3O4S/c1-2-3-20-38-34(42)32(21-25-8-5-4-6-9-25)39(23-26-12-14-27(35)15-13-26)33(41)24-40(30-11-7-10-29(37)22-30)45(43,44)31-18-16-28(36)17-19-31/h4-19,22,32H,2-3,20-21,23-24H2,1H3,(H,38,42)/t32-/m1/s1. The van der Waals surface area contributed by atoms with Crippen LogP contribution in [-0.4, -0.2) is 44.3 Å². The SMILES string of the molecule is CCCCNC(=O)[C@@H](Cc1ccccc1)N(Cc1ccc(Br)cc1)C(=O)CN(c1cccc(Cl)c1)S(=O)(=O)c1ccc(Cl)cc1. The molecule has 1 N–H and O–H groups in total. The van der Waals surface area contributed by atoms with Gasteiger partial charge in [-0.25, -0.2) is 8.42 Å². The van der Waals surface area contributed by atoms with Crippen molar-refractivity contribution in [1.29, 1.82) is 0 Å². The average Bonchev–Trinajstić information content (AvgIpc) is 3.03. The van der Waals surface area contributed by atoms with Crippen molar-refractivity contribution >= 4 is 66.7 Å². The number of hydrogen-bond acceptors (Lipinski definition) is 4. The van der Waals surface area contributed by atoms with Gasteiger partial charge in [0.2, 0.25) is 11.8 Å². The quantitative estimate of drug-likeness (QED) is 0.136. The van der Waals surface area contributed by atoms with Crippen LogP contribution in [-0.2, 0) is 32.6 Å². The first-order valence-electron chi connectivity index (χ1n) is 14.5. The van der Waals surface area contributed by atoms with E-state index in [1.807, 2.05) is 61.5 Å². The summed E-state index contributed by atoms with van der Waals surface area (Å²) in [5.74, 6) is -0.866. The van der Waals surface area contributed by atoms with Crippen molar-refractivity contribution in [2.24, 2.45) is 0 Å². The molecule has 0 heterocycles. The summed E-state index contributed by atoms with van der Waals surface area (Å²) in [6.45, 7) is 1.99. The molecule has 0 spiro atoms. The lowest BCUT2D eigenvalue weighted by atomic mass is 10.0. The number of halogens is 3. The Morgan fingerprint density at radius 2 is 1.53 bits per heavy atom. The first-order chi connectivity index (χ1) is 21.6. The molecule has 0 aromatic heterocycles. The Bertz CT molecular complexity index is 1690. The number of sulfonamides is 1. The number of rotatable bonds is 14. The normalized spacial score (nSPS) is 11.9. The van der Waals surface area contributed by atoms with Gasteiger partial charge >= 0.3 is 0 Å². The molecule has 0 unspecified atom stereocenters. The number of carbonyl (C=O) groups is 2. The minimum atomic E-state index is -4.26. The molecule has 0 saturated carbocycles. The third-order valence-electron chi connectivity index (χ3n) is 7.14. The Balaban J connectivity index is 1.78. The van der Waals surface area contributed by atoms with E-state index < -0.39 is 28.5 Å². The zero-order valence-corrected chi connectivity index (χ0v) is 28.6. The largest absolute Gasteiger partial charge is 0.354 e. The molecule has 236 valence electrons. The molecule has 0 aliphatic heterocycles. The summed E-state index contributed by atoms with van der Waals surface area (Å²) in [7, 11) is -4.26. The van der Waals surface area contributed by atoms with Crippen molar-refractivity contribution in [2.45, 2.75) is 43.7 Å². The molecule has 45 heavy (non-hydrogen) atoms. The van der Waals surface area contributed by atoms with E-state index in [0.717, 1.165) is 32.7 Å². The zero-order chi connectivity index (χ0) is 32.4. The molecular weight excluding hydrogens is 697 g/mol. The van der Waals surface area contributed by atoms with Crippen molar-refractivity contribution in [2.75, 3.05) is 17.4 Å². The molecule has 4 aromatic rings. The maximum Gasteiger partial charge on any atom is 0.264 e. The molecule has 4 rings (SSSR count). The molecule has 0 saturated heterocycles. The van der Waals surface area contributed by atoms with Gasteiger partial charge in [-0.2, -0.15) is 0 Å². The van der Waals surface area contributed by atoms with Crippen LogP contribution in [0.5, 0.6) is 0 Å². The predicted molar refractivity (Wildman–Crippen MR) is 184 cm³/mol. The molecule has 7 nitrogen and oxygen atoms in total. The third kappa shape index (κ3) is 9.56. The molecule has 0 fully saturated rings. The second-order valence-electron chi connectivity index (χ2n) is 10.4. The third-order valence-corrected chi connectivity index (χ3v) is 9.95. The fraction of sp³-hybridized carbons (Fsp3) is 0.235. The van der Waals surface area contributed by atoms with Crippen molar-refractivity contribution in [3.05, 3.63) is 129 Å². The van der Waals surface area contributed by atoms with Gasteiger partial charge in [0, 0.05) is 34.0 Å². The summed E-state index contributed by atoms with van der Waals surface area (Å²) in [6, 6.07) is 28.0. The summed E-state index contributed by atoms with van der Waals surface area (Å²) in [6.07, 6.45) is 1.91. The molecule has 0 radical (unpaired) electrons. The monoisotopic (exact) mass is 729 g/mol. The predicted octanol–water partition coefficient (Wildman–Crippen LogP) is 7.51. The number of carbonyl (C=O) groups excluding carboxylic acids is 2. The van der Waals surface area contributed by atoms with Crippen LogP contribution in [0.4, 0.5) is 5.69 Å². The lowest BCUT2D eigenvalue weighted by Crippen LogP contribution is -2.53.